The van der Waals surface area contributed by atoms with Gasteiger partial charge in [-0.3, -0.25) is 14.6 Å². The Hall–Kier alpha value is -5.00. The monoisotopic (exact) mass is 546 g/mol. The summed E-state index contributed by atoms with van der Waals surface area (Å²) in [5.74, 6) is 6.10. The number of benzene rings is 2. The fraction of sp³-hybridized carbons (Fsp3) is 0.212. The number of nitrogens with zero attached hydrogens (tertiary/aromatic N) is 3. The summed E-state index contributed by atoms with van der Waals surface area (Å²) in [7, 11) is 1.72. The van der Waals surface area contributed by atoms with Crippen molar-refractivity contribution in [3.05, 3.63) is 102 Å². The number of anilines is 1. The molecule has 2 aromatic heterocycles. The number of aliphatic hydroxyl groups is 1. The topological polar surface area (TPSA) is 105 Å². The number of aromatic nitrogens is 2. The van der Waals surface area contributed by atoms with Crippen LogP contribution in [0.4, 0.5) is 5.69 Å². The lowest BCUT2D eigenvalue weighted by atomic mass is 10.0. The molecule has 0 fully saturated rings. The average Bonchev–Trinajstić information content (AvgIpc) is 3.08. The predicted molar refractivity (Wildman–Crippen MR) is 157 cm³/mol. The van der Waals surface area contributed by atoms with E-state index in [1.54, 1.807) is 50.2 Å². The molecule has 1 aliphatic heterocycles. The molecule has 2 aromatic carbocycles. The summed E-state index contributed by atoms with van der Waals surface area (Å²) in [4.78, 5) is 36.7. The lowest BCUT2D eigenvalue weighted by Gasteiger charge is -2.22. The van der Waals surface area contributed by atoms with Gasteiger partial charge in [-0.2, -0.15) is 0 Å². The van der Waals surface area contributed by atoms with Gasteiger partial charge in [-0.25, -0.2) is 4.98 Å². The Morgan fingerprint density at radius 2 is 1.80 bits per heavy atom. The maximum atomic E-state index is 13.4. The van der Waals surface area contributed by atoms with Crippen molar-refractivity contribution in [2.45, 2.75) is 38.3 Å². The van der Waals surface area contributed by atoms with Gasteiger partial charge in [0.05, 0.1) is 0 Å². The normalized spacial score (nSPS) is 14.8. The van der Waals surface area contributed by atoms with E-state index in [-0.39, 0.29) is 11.6 Å². The molecule has 2 amide bonds. The van der Waals surface area contributed by atoms with Crippen molar-refractivity contribution in [1.29, 1.82) is 0 Å². The van der Waals surface area contributed by atoms with E-state index in [2.05, 4.69) is 27.1 Å². The zero-order valence-electron chi connectivity index (χ0n) is 23.1. The molecule has 1 atom stereocenters. The molecule has 0 saturated carbocycles. The number of amides is 2. The Bertz CT molecular complexity index is 1630. The second-order valence-electron chi connectivity index (χ2n) is 10.3. The van der Waals surface area contributed by atoms with Gasteiger partial charge in [-0.1, -0.05) is 42.3 Å². The number of para-hydroxylation sites is 1. The van der Waals surface area contributed by atoms with Crippen LogP contribution in [0.15, 0.2) is 85.2 Å². The number of hydrogen-bond donors (Lipinski definition) is 2. The maximum absolute atomic E-state index is 13.4. The summed E-state index contributed by atoms with van der Waals surface area (Å²) in [6, 6.07) is 21.5. The quantitative estimate of drug-likeness (QED) is 0.350. The summed E-state index contributed by atoms with van der Waals surface area (Å²) in [5, 5.41) is 12.7. The molecule has 2 N–H and O–H groups in total. The minimum atomic E-state index is -1.09. The SMILES string of the molecule is CN1C(=O)C(NC(=O)c2cc(Oc3ccccc3)ccn2)CCc2ccc(-c3ccc(C#CC(C)(C)O)nc3)cc21. The number of ether oxygens (including phenoxy) is 1. The van der Waals surface area contributed by atoms with E-state index < -0.39 is 17.6 Å². The molecule has 0 bridgehead atoms. The highest BCUT2D eigenvalue weighted by Crippen LogP contribution is 2.31. The summed E-state index contributed by atoms with van der Waals surface area (Å²) < 4.78 is 5.82. The van der Waals surface area contributed by atoms with E-state index in [0.29, 0.717) is 30.0 Å². The van der Waals surface area contributed by atoms with Crippen LogP contribution in [0.2, 0.25) is 0 Å². The maximum Gasteiger partial charge on any atom is 0.270 e. The van der Waals surface area contributed by atoms with E-state index >= 15 is 0 Å². The fourth-order valence-electron chi connectivity index (χ4n) is 4.49. The number of carbonyl (C=O) groups is 2. The number of hydrogen-bond acceptors (Lipinski definition) is 6. The minimum absolute atomic E-state index is 0.168. The van der Waals surface area contributed by atoms with Gasteiger partial charge in [0, 0.05) is 36.8 Å². The van der Waals surface area contributed by atoms with Gasteiger partial charge in [0.1, 0.15) is 34.5 Å². The van der Waals surface area contributed by atoms with Crippen LogP contribution in [-0.4, -0.2) is 45.6 Å². The molecule has 8 nitrogen and oxygen atoms in total. The summed E-state index contributed by atoms with van der Waals surface area (Å²) in [6.07, 6.45) is 4.30. The second-order valence-corrected chi connectivity index (χ2v) is 10.3. The second kappa shape index (κ2) is 11.6. The summed E-state index contributed by atoms with van der Waals surface area (Å²) >= 11 is 0. The third kappa shape index (κ3) is 6.78. The standard InChI is InChI=1S/C33H30N4O4/c1-33(2,40)17-15-25-13-11-24(21-35-25)23-10-9-22-12-14-28(32(39)37(3)30(22)19-23)36-31(38)29-20-27(16-18-34-29)41-26-7-5-4-6-8-26/h4-11,13,16,18-21,28,40H,12,14H2,1-3H3,(H,36,38). The average molecular weight is 547 g/mol. The van der Waals surface area contributed by atoms with Gasteiger partial charge in [0.25, 0.3) is 5.91 Å². The van der Waals surface area contributed by atoms with Gasteiger partial charge in [-0.05, 0) is 74.1 Å². The van der Waals surface area contributed by atoms with Crippen molar-refractivity contribution in [1.82, 2.24) is 15.3 Å². The molecular formula is C33H30N4O4. The number of fused-ring (bicyclic) bond motifs is 1. The smallest absolute Gasteiger partial charge is 0.270 e. The van der Waals surface area contributed by atoms with Crippen LogP contribution in [0.3, 0.4) is 0 Å². The first kappa shape index (κ1) is 27.6. The lowest BCUT2D eigenvalue weighted by molar-refractivity contribution is -0.120. The van der Waals surface area contributed by atoms with Gasteiger partial charge >= 0.3 is 0 Å². The zero-order chi connectivity index (χ0) is 29.0. The largest absolute Gasteiger partial charge is 0.457 e. The molecule has 206 valence electrons. The van der Waals surface area contributed by atoms with Crippen molar-refractivity contribution < 1.29 is 19.4 Å². The zero-order valence-corrected chi connectivity index (χ0v) is 23.1. The number of carbonyl (C=O) groups excluding carboxylic acids is 2. The highest BCUT2D eigenvalue weighted by molar-refractivity contribution is 6.02. The van der Waals surface area contributed by atoms with Crippen LogP contribution in [0.5, 0.6) is 11.5 Å². The number of nitrogens with one attached hydrogen (secondary N) is 1. The Balaban J connectivity index is 1.29. The van der Waals surface area contributed by atoms with Crippen LogP contribution in [0, 0.1) is 11.8 Å². The molecule has 0 spiro atoms. The first-order valence-electron chi connectivity index (χ1n) is 13.3. The third-order valence-electron chi connectivity index (χ3n) is 6.62. The van der Waals surface area contributed by atoms with Crippen LogP contribution >= 0.6 is 0 Å². The molecule has 0 radical (unpaired) electrons. The van der Waals surface area contributed by atoms with E-state index in [1.165, 1.54) is 6.20 Å². The highest BCUT2D eigenvalue weighted by atomic mass is 16.5. The molecule has 4 aromatic rings. The molecule has 3 heterocycles. The van der Waals surface area contributed by atoms with Crippen LogP contribution in [0.1, 0.15) is 42.0 Å². The van der Waals surface area contributed by atoms with E-state index in [1.807, 2.05) is 54.6 Å². The molecule has 41 heavy (non-hydrogen) atoms. The van der Waals surface area contributed by atoms with Crippen LogP contribution in [-0.2, 0) is 11.2 Å². The number of rotatable bonds is 5. The van der Waals surface area contributed by atoms with Crippen molar-refractivity contribution in [3.8, 4) is 34.5 Å². The van der Waals surface area contributed by atoms with E-state index in [0.717, 1.165) is 22.4 Å². The first-order chi connectivity index (χ1) is 19.7. The number of aryl methyl sites for hydroxylation is 1. The molecule has 1 aliphatic rings. The van der Waals surface area contributed by atoms with Gasteiger partial charge in [0.2, 0.25) is 5.91 Å². The predicted octanol–water partition coefficient (Wildman–Crippen LogP) is 4.77. The molecule has 5 rings (SSSR count). The molecule has 0 aliphatic carbocycles. The Morgan fingerprint density at radius 3 is 2.54 bits per heavy atom. The third-order valence-corrected chi connectivity index (χ3v) is 6.62. The Kier molecular flexibility index (Phi) is 7.81. The Morgan fingerprint density at radius 1 is 1.02 bits per heavy atom. The summed E-state index contributed by atoms with van der Waals surface area (Å²) in [5.41, 5.74) is 3.21. The number of pyridine rings is 2. The van der Waals surface area contributed by atoms with E-state index in [9.17, 15) is 14.7 Å². The van der Waals surface area contributed by atoms with Gasteiger partial charge in [-0.15, -0.1) is 0 Å². The van der Waals surface area contributed by atoms with Crippen molar-refractivity contribution in [2.75, 3.05) is 11.9 Å². The van der Waals surface area contributed by atoms with Crippen LogP contribution in [0.25, 0.3) is 11.1 Å². The highest BCUT2D eigenvalue weighted by Gasteiger charge is 2.30. The molecule has 8 heteroatoms. The van der Waals surface area contributed by atoms with E-state index in [4.69, 9.17) is 4.74 Å². The molecule has 1 unspecified atom stereocenters. The minimum Gasteiger partial charge on any atom is -0.457 e. The van der Waals surface area contributed by atoms with Crippen LogP contribution < -0.4 is 15.0 Å². The van der Waals surface area contributed by atoms with Gasteiger partial charge in [0.15, 0.2) is 0 Å². The molecular weight excluding hydrogens is 516 g/mol. The van der Waals surface area contributed by atoms with Gasteiger partial charge < -0.3 is 20.1 Å². The number of likely N-dealkylation sites (N-methyl/N-ethyl adjacent to an activating group) is 1. The first-order valence-corrected chi connectivity index (χ1v) is 13.3. The molecule has 0 saturated heterocycles. The lowest BCUT2D eigenvalue weighted by Crippen LogP contribution is -2.46. The fourth-order valence-corrected chi connectivity index (χ4v) is 4.49. The van der Waals surface area contributed by atoms with Crippen molar-refractivity contribution in [2.24, 2.45) is 0 Å². The summed E-state index contributed by atoms with van der Waals surface area (Å²) in [6.45, 7) is 3.24. The Labute approximate surface area is 239 Å². The van der Waals surface area contributed by atoms with Crippen molar-refractivity contribution >= 4 is 17.5 Å². The van der Waals surface area contributed by atoms with Crippen molar-refractivity contribution in [3.63, 3.8) is 0 Å².